The predicted molar refractivity (Wildman–Crippen MR) is 54.4 cm³/mol. The summed E-state index contributed by atoms with van der Waals surface area (Å²) in [5, 5.41) is 9.43. The Morgan fingerprint density at radius 3 is 2.79 bits per heavy atom. The highest BCUT2D eigenvalue weighted by Crippen LogP contribution is 2.23. The van der Waals surface area contributed by atoms with Gasteiger partial charge in [-0.1, -0.05) is 0 Å². The highest BCUT2D eigenvalue weighted by Gasteiger charge is 1.99. The number of ketones is 1. The van der Waals surface area contributed by atoms with E-state index in [4.69, 9.17) is 4.74 Å². The summed E-state index contributed by atoms with van der Waals surface area (Å²) in [4.78, 5) is 10.7. The minimum atomic E-state index is -0.0628. The minimum absolute atomic E-state index is 0.0628. The standard InChI is InChI=1S/C11H12O3/c1-8(12)3-4-9-7-10(14-2)5-6-11(9)13/h3-7,13H,1-2H3. The molecule has 0 heterocycles. The predicted octanol–water partition coefficient (Wildman–Crippen LogP) is 2.00. The maximum Gasteiger partial charge on any atom is 0.152 e. The molecule has 0 unspecified atom stereocenters. The van der Waals surface area contributed by atoms with Crippen LogP contribution in [-0.4, -0.2) is 18.0 Å². The molecule has 0 spiro atoms. The second-order valence-electron chi connectivity index (χ2n) is 2.87. The Labute approximate surface area is 82.6 Å². The molecule has 0 fully saturated rings. The molecule has 1 aromatic carbocycles. The number of aromatic hydroxyl groups is 1. The molecule has 0 atom stereocenters. The van der Waals surface area contributed by atoms with E-state index >= 15 is 0 Å². The van der Waals surface area contributed by atoms with Crippen molar-refractivity contribution in [2.75, 3.05) is 7.11 Å². The number of phenols is 1. The Bertz CT molecular complexity index is 367. The van der Waals surface area contributed by atoms with Gasteiger partial charge in [-0.25, -0.2) is 0 Å². The van der Waals surface area contributed by atoms with Crippen molar-refractivity contribution in [1.82, 2.24) is 0 Å². The van der Waals surface area contributed by atoms with Crippen LogP contribution in [0.4, 0.5) is 0 Å². The van der Waals surface area contributed by atoms with Crippen molar-refractivity contribution in [2.45, 2.75) is 6.92 Å². The van der Waals surface area contributed by atoms with E-state index in [1.165, 1.54) is 19.1 Å². The van der Waals surface area contributed by atoms with Crippen LogP contribution in [-0.2, 0) is 4.79 Å². The van der Waals surface area contributed by atoms with Crippen LogP contribution in [0.3, 0.4) is 0 Å². The zero-order chi connectivity index (χ0) is 10.6. The van der Waals surface area contributed by atoms with Gasteiger partial charge < -0.3 is 9.84 Å². The van der Waals surface area contributed by atoms with E-state index in [9.17, 15) is 9.90 Å². The number of ether oxygens (including phenoxy) is 1. The zero-order valence-corrected chi connectivity index (χ0v) is 8.15. The number of phenolic OH excluding ortho intramolecular Hbond substituents is 1. The highest BCUT2D eigenvalue weighted by atomic mass is 16.5. The number of carbonyl (C=O) groups excluding carboxylic acids is 1. The molecule has 0 amide bonds. The van der Waals surface area contributed by atoms with Gasteiger partial charge in [-0.15, -0.1) is 0 Å². The van der Waals surface area contributed by atoms with Gasteiger partial charge in [0.15, 0.2) is 5.78 Å². The molecule has 0 radical (unpaired) electrons. The third kappa shape index (κ3) is 2.62. The molecule has 1 aromatic rings. The lowest BCUT2D eigenvalue weighted by atomic mass is 10.1. The fraction of sp³-hybridized carbons (Fsp3) is 0.182. The van der Waals surface area contributed by atoms with E-state index in [1.807, 2.05) is 0 Å². The molecule has 0 aliphatic heterocycles. The number of allylic oxidation sites excluding steroid dienone is 1. The molecule has 3 nitrogen and oxygen atoms in total. The summed E-state index contributed by atoms with van der Waals surface area (Å²) < 4.78 is 4.99. The van der Waals surface area contributed by atoms with Gasteiger partial charge in [-0.05, 0) is 37.3 Å². The lowest BCUT2D eigenvalue weighted by molar-refractivity contribution is -0.112. The summed E-state index contributed by atoms with van der Waals surface area (Å²) in [5.41, 5.74) is 0.569. The lowest BCUT2D eigenvalue weighted by Crippen LogP contribution is -1.85. The van der Waals surface area contributed by atoms with E-state index in [0.717, 1.165) is 0 Å². The number of hydrogen-bond donors (Lipinski definition) is 1. The van der Waals surface area contributed by atoms with Gasteiger partial charge >= 0.3 is 0 Å². The Balaban J connectivity index is 3.00. The fourth-order valence-electron chi connectivity index (χ4n) is 1.00. The Hall–Kier alpha value is -1.77. The van der Waals surface area contributed by atoms with E-state index in [0.29, 0.717) is 11.3 Å². The molecule has 14 heavy (non-hydrogen) atoms. The molecule has 0 bridgehead atoms. The summed E-state index contributed by atoms with van der Waals surface area (Å²) in [6.07, 6.45) is 2.95. The van der Waals surface area contributed by atoms with Crippen LogP contribution < -0.4 is 4.74 Å². The summed E-state index contributed by atoms with van der Waals surface area (Å²) in [7, 11) is 1.55. The first-order chi connectivity index (χ1) is 6.63. The molecule has 0 aliphatic carbocycles. The SMILES string of the molecule is COc1ccc(O)c(C=CC(C)=O)c1. The molecule has 1 N–H and O–H groups in total. The molecular formula is C11H12O3. The maximum atomic E-state index is 10.7. The van der Waals surface area contributed by atoms with Crippen molar-refractivity contribution in [3.8, 4) is 11.5 Å². The van der Waals surface area contributed by atoms with Crippen LogP contribution in [0, 0.1) is 0 Å². The molecule has 74 valence electrons. The van der Waals surface area contributed by atoms with Crippen LogP contribution in [0.5, 0.6) is 11.5 Å². The largest absolute Gasteiger partial charge is 0.507 e. The molecule has 0 aromatic heterocycles. The van der Waals surface area contributed by atoms with E-state index in [2.05, 4.69) is 0 Å². The Morgan fingerprint density at radius 1 is 1.50 bits per heavy atom. The monoisotopic (exact) mass is 192 g/mol. The van der Waals surface area contributed by atoms with Crippen molar-refractivity contribution < 1.29 is 14.6 Å². The van der Waals surface area contributed by atoms with E-state index < -0.39 is 0 Å². The van der Waals surface area contributed by atoms with Crippen LogP contribution in [0.2, 0.25) is 0 Å². The summed E-state index contributed by atoms with van der Waals surface area (Å²) in [5.74, 6) is 0.710. The fourth-order valence-corrected chi connectivity index (χ4v) is 1.00. The summed E-state index contributed by atoms with van der Waals surface area (Å²) in [6, 6.07) is 4.84. The number of methoxy groups -OCH3 is 1. The Kier molecular flexibility index (Phi) is 3.29. The minimum Gasteiger partial charge on any atom is -0.507 e. The van der Waals surface area contributed by atoms with Crippen LogP contribution in [0.25, 0.3) is 6.08 Å². The van der Waals surface area contributed by atoms with Gasteiger partial charge in [0.25, 0.3) is 0 Å². The van der Waals surface area contributed by atoms with Crippen LogP contribution in [0.15, 0.2) is 24.3 Å². The first-order valence-electron chi connectivity index (χ1n) is 4.19. The highest BCUT2D eigenvalue weighted by molar-refractivity contribution is 5.91. The zero-order valence-electron chi connectivity index (χ0n) is 8.15. The van der Waals surface area contributed by atoms with Gasteiger partial charge in [-0.2, -0.15) is 0 Å². The average Bonchev–Trinajstić information content (AvgIpc) is 2.16. The summed E-state index contributed by atoms with van der Waals surface area (Å²) in [6.45, 7) is 1.45. The second kappa shape index (κ2) is 4.46. The molecule has 1 rings (SSSR count). The van der Waals surface area contributed by atoms with Gasteiger partial charge in [0.05, 0.1) is 7.11 Å². The molecule has 0 saturated carbocycles. The van der Waals surface area contributed by atoms with Crippen molar-refractivity contribution in [2.24, 2.45) is 0 Å². The smallest absolute Gasteiger partial charge is 0.152 e. The normalized spacial score (nSPS) is 10.4. The molecular weight excluding hydrogens is 180 g/mol. The Morgan fingerprint density at radius 2 is 2.21 bits per heavy atom. The van der Waals surface area contributed by atoms with Crippen molar-refractivity contribution in [3.05, 3.63) is 29.8 Å². The first-order valence-corrected chi connectivity index (χ1v) is 4.19. The third-order valence-corrected chi connectivity index (χ3v) is 1.73. The topological polar surface area (TPSA) is 46.5 Å². The van der Waals surface area contributed by atoms with Crippen LogP contribution >= 0.6 is 0 Å². The van der Waals surface area contributed by atoms with Gasteiger partial charge in [0, 0.05) is 5.56 Å². The van der Waals surface area contributed by atoms with Crippen molar-refractivity contribution >= 4 is 11.9 Å². The van der Waals surface area contributed by atoms with E-state index in [-0.39, 0.29) is 11.5 Å². The quantitative estimate of drug-likeness (QED) is 0.745. The molecule has 3 heteroatoms. The van der Waals surface area contributed by atoms with Gasteiger partial charge in [0.2, 0.25) is 0 Å². The van der Waals surface area contributed by atoms with Gasteiger partial charge in [0.1, 0.15) is 11.5 Å². The first kappa shape index (κ1) is 10.3. The van der Waals surface area contributed by atoms with E-state index in [1.54, 1.807) is 25.3 Å². The second-order valence-corrected chi connectivity index (χ2v) is 2.87. The number of rotatable bonds is 3. The van der Waals surface area contributed by atoms with Crippen molar-refractivity contribution in [1.29, 1.82) is 0 Å². The number of benzene rings is 1. The maximum absolute atomic E-state index is 10.7. The summed E-state index contributed by atoms with van der Waals surface area (Å²) >= 11 is 0. The van der Waals surface area contributed by atoms with Gasteiger partial charge in [-0.3, -0.25) is 4.79 Å². The average molecular weight is 192 g/mol. The lowest BCUT2D eigenvalue weighted by Gasteiger charge is -2.02. The number of hydrogen-bond acceptors (Lipinski definition) is 3. The molecule has 0 saturated heterocycles. The van der Waals surface area contributed by atoms with Crippen LogP contribution in [0.1, 0.15) is 12.5 Å². The third-order valence-electron chi connectivity index (χ3n) is 1.73. The van der Waals surface area contributed by atoms with Crippen molar-refractivity contribution in [3.63, 3.8) is 0 Å². The number of carbonyl (C=O) groups is 1. The molecule has 0 aliphatic rings.